The van der Waals surface area contributed by atoms with Gasteiger partial charge in [-0.25, -0.2) is 13.1 Å². The van der Waals surface area contributed by atoms with Gasteiger partial charge in [0.2, 0.25) is 10.0 Å². The standard InChI is InChI=1S/C27H26N4O6S3/c32-24(33)10-5-11-30-26(34)23(39-27(30)38)17-20-18-31(21-7-2-1-3-8-21)28-25(20)19-6-4-9-22(16-19)40(35,36)29-12-14-37-15-13-29/h1-4,6-9,16-18H,5,10-15H2,(H,32,33)/b23-17-. The second-order valence-corrected chi connectivity index (χ2v) is 12.7. The molecule has 0 bridgehead atoms. The number of para-hydroxylation sites is 1. The van der Waals surface area contributed by atoms with Gasteiger partial charge in [-0.2, -0.15) is 9.40 Å². The molecule has 0 aliphatic carbocycles. The van der Waals surface area contributed by atoms with Gasteiger partial charge in [-0.1, -0.05) is 54.3 Å². The minimum absolute atomic E-state index is 0.0617. The highest BCUT2D eigenvalue weighted by molar-refractivity contribution is 8.26. The Labute approximate surface area is 241 Å². The molecule has 1 aromatic heterocycles. The highest BCUT2D eigenvalue weighted by Gasteiger charge is 2.32. The van der Waals surface area contributed by atoms with E-state index in [4.69, 9.17) is 27.2 Å². The minimum atomic E-state index is -3.73. The quantitative estimate of drug-likeness (QED) is 0.291. The van der Waals surface area contributed by atoms with E-state index < -0.39 is 16.0 Å². The van der Waals surface area contributed by atoms with Gasteiger partial charge >= 0.3 is 5.97 Å². The number of aromatic nitrogens is 2. The van der Waals surface area contributed by atoms with Gasteiger partial charge in [-0.05, 0) is 36.8 Å². The van der Waals surface area contributed by atoms with E-state index in [1.807, 2.05) is 30.3 Å². The summed E-state index contributed by atoms with van der Waals surface area (Å²) in [6, 6.07) is 16.1. The summed E-state index contributed by atoms with van der Waals surface area (Å²) in [4.78, 5) is 26.0. The van der Waals surface area contributed by atoms with Gasteiger partial charge in [0.05, 0.1) is 28.7 Å². The van der Waals surface area contributed by atoms with Crippen LogP contribution in [0.15, 0.2) is 70.6 Å². The van der Waals surface area contributed by atoms with Gasteiger partial charge in [0, 0.05) is 43.4 Å². The predicted molar refractivity (Wildman–Crippen MR) is 155 cm³/mol. The van der Waals surface area contributed by atoms with Crippen molar-refractivity contribution in [3.8, 4) is 16.9 Å². The Bertz CT molecular complexity index is 1580. The maximum absolute atomic E-state index is 13.3. The summed E-state index contributed by atoms with van der Waals surface area (Å²) >= 11 is 6.54. The monoisotopic (exact) mass is 598 g/mol. The lowest BCUT2D eigenvalue weighted by molar-refractivity contribution is -0.137. The lowest BCUT2D eigenvalue weighted by atomic mass is 10.1. The number of hydrogen-bond donors (Lipinski definition) is 1. The van der Waals surface area contributed by atoms with Crippen molar-refractivity contribution in [2.24, 2.45) is 0 Å². The summed E-state index contributed by atoms with van der Waals surface area (Å²) in [6.45, 7) is 1.48. The fraction of sp³-hybridized carbons (Fsp3) is 0.259. The maximum atomic E-state index is 13.3. The first-order valence-corrected chi connectivity index (χ1v) is 15.2. The summed E-state index contributed by atoms with van der Waals surface area (Å²) in [6.07, 6.45) is 3.71. The van der Waals surface area contributed by atoms with E-state index >= 15 is 0 Å². The first-order valence-electron chi connectivity index (χ1n) is 12.5. The molecule has 5 rings (SSSR count). The SMILES string of the molecule is O=C(O)CCCN1C(=O)/C(=C/c2cn(-c3ccccc3)nc2-c2cccc(S(=O)(=O)N3CCOCC3)c2)SC1=S. The second-order valence-electron chi connectivity index (χ2n) is 9.09. The molecule has 13 heteroatoms. The molecule has 2 saturated heterocycles. The normalized spacial score (nSPS) is 17.6. The number of thiocarbonyl (C=S) groups is 1. The molecule has 2 fully saturated rings. The first kappa shape index (κ1) is 28.2. The smallest absolute Gasteiger partial charge is 0.303 e. The Hall–Kier alpha value is -3.36. The molecule has 0 atom stereocenters. The van der Waals surface area contributed by atoms with Gasteiger partial charge < -0.3 is 9.84 Å². The summed E-state index contributed by atoms with van der Waals surface area (Å²) in [5.41, 5.74) is 2.48. The topological polar surface area (TPSA) is 122 Å². The van der Waals surface area contributed by atoms with E-state index in [0.29, 0.717) is 39.3 Å². The number of sulfonamides is 1. The highest BCUT2D eigenvalue weighted by Crippen LogP contribution is 2.35. The zero-order valence-electron chi connectivity index (χ0n) is 21.3. The lowest BCUT2D eigenvalue weighted by Crippen LogP contribution is -2.40. The third-order valence-corrected chi connectivity index (χ3v) is 9.68. The van der Waals surface area contributed by atoms with Gasteiger partial charge in [-0.3, -0.25) is 14.5 Å². The number of ether oxygens (including phenoxy) is 1. The summed E-state index contributed by atoms with van der Waals surface area (Å²) in [5.74, 6) is -1.24. The van der Waals surface area contributed by atoms with E-state index in [0.717, 1.165) is 17.4 Å². The highest BCUT2D eigenvalue weighted by atomic mass is 32.2. The summed E-state index contributed by atoms with van der Waals surface area (Å²) in [7, 11) is -3.73. The van der Waals surface area contributed by atoms with Gasteiger partial charge in [0.15, 0.2) is 0 Å². The molecule has 3 aromatic rings. The molecule has 0 spiro atoms. The number of carboxylic acids is 1. The molecule has 2 aliphatic heterocycles. The largest absolute Gasteiger partial charge is 0.481 e. The number of carbonyl (C=O) groups excluding carboxylic acids is 1. The van der Waals surface area contributed by atoms with E-state index in [2.05, 4.69) is 0 Å². The fourth-order valence-electron chi connectivity index (χ4n) is 4.39. The van der Waals surface area contributed by atoms with Crippen molar-refractivity contribution in [3.63, 3.8) is 0 Å². The number of thioether (sulfide) groups is 1. The Kier molecular flexibility index (Phi) is 8.47. The maximum Gasteiger partial charge on any atom is 0.303 e. The molecule has 1 amide bonds. The van der Waals surface area contributed by atoms with Crippen LogP contribution in [0.1, 0.15) is 18.4 Å². The molecule has 0 radical (unpaired) electrons. The molecule has 208 valence electrons. The Morgan fingerprint density at radius 1 is 1.12 bits per heavy atom. The minimum Gasteiger partial charge on any atom is -0.481 e. The van der Waals surface area contributed by atoms with Crippen LogP contribution in [0.3, 0.4) is 0 Å². The first-order chi connectivity index (χ1) is 19.2. The van der Waals surface area contributed by atoms with E-state index in [9.17, 15) is 18.0 Å². The molecule has 3 heterocycles. The lowest BCUT2D eigenvalue weighted by Gasteiger charge is -2.26. The van der Waals surface area contributed by atoms with Crippen LogP contribution in [0.25, 0.3) is 23.0 Å². The zero-order chi connectivity index (χ0) is 28.3. The van der Waals surface area contributed by atoms with E-state index in [1.165, 1.54) is 9.21 Å². The van der Waals surface area contributed by atoms with Crippen molar-refractivity contribution in [3.05, 3.63) is 71.3 Å². The van der Waals surface area contributed by atoms with Crippen LogP contribution in [0.4, 0.5) is 0 Å². The number of morpholine rings is 1. The van der Waals surface area contributed by atoms with Crippen LogP contribution >= 0.6 is 24.0 Å². The van der Waals surface area contributed by atoms with Crippen molar-refractivity contribution in [2.45, 2.75) is 17.7 Å². The van der Waals surface area contributed by atoms with Crippen LogP contribution in [-0.2, 0) is 24.3 Å². The van der Waals surface area contributed by atoms with Crippen molar-refractivity contribution in [1.29, 1.82) is 0 Å². The van der Waals surface area contributed by atoms with Crippen molar-refractivity contribution < 1.29 is 27.9 Å². The number of aliphatic carboxylic acids is 1. The van der Waals surface area contributed by atoms with Gasteiger partial charge in [-0.15, -0.1) is 0 Å². The number of benzene rings is 2. The summed E-state index contributed by atoms with van der Waals surface area (Å²) < 4.78 is 35.4. The third kappa shape index (κ3) is 6.03. The molecule has 1 N–H and O–H groups in total. The Morgan fingerprint density at radius 3 is 2.60 bits per heavy atom. The zero-order valence-corrected chi connectivity index (χ0v) is 23.8. The molecule has 0 saturated carbocycles. The van der Waals surface area contributed by atoms with Crippen LogP contribution < -0.4 is 0 Å². The van der Waals surface area contributed by atoms with Crippen LogP contribution in [0, 0.1) is 0 Å². The number of amides is 1. The fourth-order valence-corrected chi connectivity index (χ4v) is 7.15. The number of rotatable bonds is 9. The number of carbonyl (C=O) groups is 2. The molecule has 2 aliphatic rings. The van der Waals surface area contributed by atoms with Gasteiger partial charge in [0.1, 0.15) is 10.0 Å². The average molecular weight is 599 g/mol. The Morgan fingerprint density at radius 2 is 1.88 bits per heavy atom. The predicted octanol–water partition coefficient (Wildman–Crippen LogP) is 3.63. The number of carboxylic acid groups (broad SMARTS) is 1. The molecular weight excluding hydrogens is 573 g/mol. The van der Waals surface area contributed by atoms with Gasteiger partial charge in [0.25, 0.3) is 5.91 Å². The molecule has 40 heavy (non-hydrogen) atoms. The van der Waals surface area contributed by atoms with E-state index in [1.54, 1.807) is 41.2 Å². The van der Waals surface area contributed by atoms with Crippen LogP contribution in [0.5, 0.6) is 0 Å². The summed E-state index contributed by atoms with van der Waals surface area (Å²) in [5, 5.41) is 13.7. The average Bonchev–Trinajstić information content (AvgIpc) is 3.50. The van der Waals surface area contributed by atoms with Crippen molar-refractivity contribution in [1.82, 2.24) is 19.0 Å². The molecule has 2 aromatic carbocycles. The number of nitrogens with zero attached hydrogens (tertiary/aromatic N) is 4. The molecular formula is C27H26N4O6S3. The van der Waals surface area contributed by atoms with Crippen molar-refractivity contribution >= 4 is 56.3 Å². The number of hydrogen-bond acceptors (Lipinski definition) is 8. The third-order valence-electron chi connectivity index (χ3n) is 6.41. The molecule has 10 nitrogen and oxygen atoms in total. The molecule has 0 unspecified atom stereocenters. The van der Waals surface area contributed by atoms with Crippen molar-refractivity contribution in [2.75, 3.05) is 32.8 Å². The second kappa shape index (κ2) is 12.0. The van der Waals surface area contributed by atoms with E-state index in [-0.39, 0.29) is 43.3 Å². The Balaban J connectivity index is 1.52. The van der Waals surface area contributed by atoms with Crippen LogP contribution in [-0.4, -0.2) is 81.6 Å². The van der Waals surface area contributed by atoms with Crippen LogP contribution in [0.2, 0.25) is 0 Å².